The van der Waals surface area contributed by atoms with Crippen LogP contribution in [0.25, 0.3) is 11.3 Å². The van der Waals surface area contributed by atoms with Gasteiger partial charge in [-0.2, -0.15) is 0 Å². The first kappa shape index (κ1) is 19.7. The number of halogens is 1. The molecule has 2 aromatic carbocycles. The molecule has 0 amide bonds. The zero-order valence-electron chi connectivity index (χ0n) is 16.4. The number of hydrogen-bond acceptors (Lipinski definition) is 5. The molecular weight excluding hydrogens is 426 g/mol. The third kappa shape index (κ3) is 3.90. The van der Waals surface area contributed by atoms with Crippen LogP contribution in [0.3, 0.4) is 0 Å². The van der Waals surface area contributed by atoms with E-state index in [1.54, 1.807) is 41.8 Å². The van der Waals surface area contributed by atoms with E-state index >= 15 is 0 Å². The summed E-state index contributed by atoms with van der Waals surface area (Å²) in [6.07, 6.45) is 5.40. The van der Waals surface area contributed by atoms with Gasteiger partial charge in [-0.1, -0.05) is 41.9 Å². The molecule has 0 unspecified atom stereocenters. The van der Waals surface area contributed by atoms with Gasteiger partial charge in [-0.15, -0.1) is 11.3 Å². The summed E-state index contributed by atoms with van der Waals surface area (Å²) in [5, 5.41) is 7.00. The molecule has 0 radical (unpaired) electrons. The number of nitrogens with zero attached hydrogens (tertiary/aromatic N) is 2. The lowest BCUT2D eigenvalue weighted by Gasteiger charge is -2.21. The Morgan fingerprint density at radius 3 is 2.55 bits per heavy atom. The highest BCUT2D eigenvalue weighted by Gasteiger charge is 2.37. The van der Waals surface area contributed by atoms with Crippen molar-refractivity contribution in [1.82, 2.24) is 15.3 Å². The van der Waals surface area contributed by atoms with Gasteiger partial charge < -0.3 is 5.32 Å². The van der Waals surface area contributed by atoms with Crippen molar-refractivity contribution in [2.24, 2.45) is 0 Å². The van der Waals surface area contributed by atoms with Crippen LogP contribution in [0.15, 0.2) is 96.3 Å². The first-order valence-corrected chi connectivity index (χ1v) is 11.1. The van der Waals surface area contributed by atoms with Crippen molar-refractivity contribution in [3.05, 3.63) is 117 Å². The maximum atomic E-state index is 13.4. The van der Waals surface area contributed by atoms with E-state index < -0.39 is 0 Å². The monoisotopic (exact) mass is 443 g/mol. The van der Waals surface area contributed by atoms with Crippen LogP contribution in [0.5, 0.6) is 0 Å². The lowest BCUT2D eigenvalue weighted by Crippen LogP contribution is -2.19. The van der Waals surface area contributed by atoms with Crippen molar-refractivity contribution in [2.45, 2.75) is 12.0 Å². The van der Waals surface area contributed by atoms with Crippen LogP contribution >= 0.6 is 22.9 Å². The van der Waals surface area contributed by atoms with E-state index in [2.05, 4.69) is 22.4 Å². The summed E-state index contributed by atoms with van der Waals surface area (Å²) in [5.74, 6) is -0.151. The lowest BCUT2D eigenvalue weighted by molar-refractivity contribution is 0.102. The van der Waals surface area contributed by atoms with Gasteiger partial charge in [0.25, 0.3) is 0 Å². The fourth-order valence-electron chi connectivity index (χ4n) is 3.84. The van der Waals surface area contributed by atoms with E-state index in [1.165, 1.54) is 0 Å². The summed E-state index contributed by atoms with van der Waals surface area (Å²) in [7, 11) is 0. The number of Topliss-reactive ketones (excluding diaryl/α,β-unsaturated/α-hetero) is 1. The number of rotatable bonds is 5. The minimum atomic E-state index is -0.141. The zero-order chi connectivity index (χ0) is 21.2. The van der Waals surface area contributed by atoms with E-state index in [4.69, 9.17) is 16.6 Å². The van der Waals surface area contributed by atoms with Gasteiger partial charge in [0.1, 0.15) is 5.01 Å². The topological polar surface area (TPSA) is 54.9 Å². The highest BCUT2D eigenvalue weighted by Crippen LogP contribution is 2.43. The van der Waals surface area contributed by atoms with Gasteiger partial charge in [-0.25, -0.2) is 4.98 Å². The summed E-state index contributed by atoms with van der Waals surface area (Å²) in [6, 6.07) is 20.9. The number of carbonyl (C=O) groups excluding carboxylic acids is 1. The summed E-state index contributed by atoms with van der Waals surface area (Å²) in [6.45, 7) is 0. The van der Waals surface area contributed by atoms with Crippen LogP contribution in [-0.2, 0) is 0 Å². The molecule has 1 N–H and O–H groups in total. The number of pyridine rings is 1. The highest BCUT2D eigenvalue weighted by atomic mass is 35.5. The average Bonchev–Trinajstić information content (AvgIpc) is 3.48. The second-order valence-corrected chi connectivity index (χ2v) is 8.61. The van der Waals surface area contributed by atoms with Gasteiger partial charge in [-0.3, -0.25) is 9.78 Å². The Bertz CT molecular complexity index is 1240. The molecule has 0 fully saturated rings. The maximum absolute atomic E-state index is 13.4. The Labute approximate surface area is 189 Å². The van der Waals surface area contributed by atoms with Crippen molar-refractivity contribution in [2.75, 3.05) is 0 Å². The molecule has 1 aliphatic rings. The van der Waals surface area contributed by atoms with Crippen LogP contribution < -0.4 is 5.32 Å². The average molecular weight is 444 g/mol. The van der Waals surface area contributed by atoms with E-state index in [-0.39, 0.29) is 17.7 Å². The van der Waals surface area contributed by atoms with Crippen molar-refractivity contribution in [3.8, 4) is 11.3 Å². The minimum absolute atomic E-state index is 0.00967. The minimum Gasteiger partial charge on any atom is -0.381 e. The van der Waals surface area contributed by atoms with Crippen molar-refractivity contribution >= 4 is 28.7 Å². The number of carbonyl (C=O) groups is 1. The quantitative estimate of drug-likeness (QED) is 0.381. The number of hydrogen-bond donors (Lipinski definition) is 1. The van der Waals surface area contributed by atoms with Crippen LogP contribution in [0, 0.1) is 0 Å². The van der Waals surface area contributed by atoms with Gasteiger partial charge >= 0.3 is 0 Å². The second-order valence-electron chi connectivity index (χ2n) is 7.28. The molecular formula is C25H18ClN3OS. The molecule has 0 bridgehead atoms. The third-order valence-corrected chi connectivity index (χ3v) is 6.54. The van der Waals surface area contributed by atoms with Gasteiger partial charge in [0.2, 0.25) is 0 Å². The highest BCUT2D eigenvalue weighted by molar-refractivity contribution is 7.10. The van der Waals surface area contributed by atoms with Gasteiger partial charge in [0.05, 0.1) is 11.7 Å². The maximum Gasteiger partial charge on any atom is 0.191 e. The van der Waals surface area contributed by atoms with E-state index in [0.717, 1.165) is 27.4 Å². The standard InChI is InChI=1S/C25H18ClN3OS/c26-19-10-8-17(9-11-19)24(30)20-14-28-23(22(20)16-5-2-1-3-6-16)25-29-21(15-31-25)18-7-4-12-27-13-18/h1-15,22-23,28H/t22-,23-/m0/s1. The molecule has 6 heteroatoms. The number of thiazole rings is 1. The predicted octanol–water partition coefficient (Wildman–Crippen LogP) is 6.05. The van der Waals surface area contributed by atoms with Crippen molar-refractivity contribution < 1.29 is 4.79 Å². The molecule has 2 atom stereocenters. The molecule has 0 saturated carbocycles. The first-order valence-electron chi connectivity index (χ1n) is 9.88. The fraction of sp³-hybridized carbons (Fsp3) is 0.0800. The number of nitrogens with one attached hydrogen (secondary N) is 1. The van der Waals surface area contributed by atoms with E-state index in [0.29, 0.717) is 10.6 Å². The molecule has 3 heterocycles. The number of ketones is 1. The SMILES string of the molecule is O=C(C1=CN[C@H](c2nc(-c3cccnc3)cs2)[C@H]1c1ccccc1)c1ccc(Cl)cc1. The molecule has 1 aliphatic heterocycles. The number of benzene rings is 2. The van der Waals surface area contributed by atoms with Crippen molar-refractivity contribution in [1.29, 1.82) is 0 Å². The Morgan fingerprint density at radius 2 is 1.81 bits per heavy atom. The molecule has 2 aromatic heterocycles. The zero-order valence-corrected chi connectivity index (χ0v) is 18.0. The summed E-state index contributed by atoms with van der Waals surface area (Å²) < 4.78 is 0. The molecule has 4 aromatic rings. The van der Waals surface area contributed by atoms with Crippen LogP contribution in [-0.4, -0.2) is 15.8 Å². The smallest absolute Gasteiger partial charge is 0.191 e. The molecule has 4 nitrogen and oxygen atoms in total. The molecule has 31 heavy (non-hydrogen) atoms. The third-order valence-electron chi connectivity index (χ3n) is 5.36. The van der Waals surface area contributed by atoms with Crippen LogP contribution in [0.4, 0.5) is 0 Å². The summed E-state index contributed by atoms with van der Waals surface area (Å²) >= 11 is 7.60. The van der Waals surface area contributed by atoms with Gasteiger partial charge in [0.15, 0.2) is 5.78 Å². The molecule has 5 rings (SSSR count). The lowest BCUT2D eigenvalue weighted by atomic mass is 9.84. The van der Waals surface area contributed by atoms with Gasteiger partial charge in [0, 0.05) is 51.6 Å². The van der Waals surface area contributed by atoms with Crippen LogP contribution in [0.1, 0.15) is 32.9 Å². The van der Waals surface area contributed by atoms with E-state index in [9.17, 15) is 4.79 Å². The van der Waals surface area contributed by atoms with Crippen molar-refractivity contribution in [3.63, 3.8) is 0 Å². The predicted molar refractivity (Wildman–Crippen MR) is 124 cm³/mol. The summed E-state index contributed by atoms with van der Waals surface area (Å²) in [4.78, 5) is 22.4. The molecule has 0 spiro atoms. The summed E-state index contributed by atoms with van der Waals surface area (Å²) in [5.41, 5.74) is 4.28. The largest absolute Gasteiger partial charge is 0.381 e. The van der Waals surface area contributed by atoms with Crippen LogP contribution in [0.2, 0.25) is 5.02 Å². The molecule has 0 saturated heterocycles. The molecule has 152 valence electrons. The number of aromatic nitrogens is 2. The normalized spacial score (nSPS) is 17.8. The second kappa shape index (κ2) is 8.46. The van der Waals surface area contributed by atoms with E-state index in [1.807, 2.05) is 48.1 Å². The Hall–Kier alpha value is -3.28. The van der Waals surface area contributed by atoms with Gasteiger partial charge in [-0.05, 0) is 42.0 Å². The Balaban J connectivity index is 1.51. The Kier molecular flexibility index (Phi) is 5.37. The fourth-order valence-corrected chi connectivity index (χ4v) is 4.89. The first-order chi connectivity index (χ1) is 15.2. The Morgan fingerprint density at radius 1 is 1.00 bits per heavy atom. The molecule has 0 aliphatic carbocycles.